The molecule has 3 aromatic rings. The van der Waals surface area contributed by atoms with Gasteiger partial charge in [-0.2, -0.15) is 8.42 Å². The van der Waals surface area contributed by atoms with Crippen LogP contribution in [0.25, 0.3) is 6.08 Å². The van der Waals surface area contributed by atoms with Gasteiger partial charge in [-0.05, 0) is 59.2 Å². The van der Waals surface area contributed by atoms with Gasteiger partial charge in [-0.1, -0.05) is 55.1 Å². The van der Waals surface area contributed by atoms with Crippen molar-refractivity contribution in [3.63, 3.8) is 0 Å². The molecule has 4 rings (SSSR count). The van der Waals surface area contributed by atoms with Crippen LogP contribution >= 0.6 is 0 Å². The number of hydrogen-bond donors (Lipinski definition) is 0. The lowest BCUT2D eigenvalue weighted by Gasteiger charge is -2.26. The Bertz CT molecular complexity index is 1390. The van der Waals surface area contributed by atoms with Gasteiger partial charge in [0.1, 0.15) is 24.8 Å². The van der Waals surface area contributed by atoms with Crippen molar-refractivity contribution in [1.82, 2.24) is 0 Å². The van der Waals surface area contributed by atoms with Crippen molar-refractivity contribution in [2.75, 3.05) is 24.4 Å². The molecule has 1 aliphatic carbocycles. The molecule has 0 spiro atoms. The standard InChI is InChI=1S/C29H30FNO5S/c1-4-21-10-13-29(35-14-15-36-37(3,33)34)23(16-21)19-31(20(2)32)28-17-24(30)11-12-25(28)27-18-26(27)22-8-6-5-7-9-22/h4-13,16-17,26-27H,1,14-15,18-19H2,2-3H3. The third-order valence-electron chi connectivity index (χ3n) is 6.37. The molecule has 0 saturated heterocycles. The van der Waals surface area contributed by atoms with Crippen molar-refractivity contribution in [2.24, 2.45) is 0 Å². The number of anilines is 1. The fraction of sp³-hybridized carbons (Fsp3) is 0.276. The van der Waals surface area contributed by atoms with Gasteiger partial charge in [-0.25, -0.2) is 4.39 Å². The van der Waals surface area contributed by atoms with Crippen molar-refractivity contribution >= 4 is 27.8 Å². The second-order valence-corrected chi connectivity index (χ2v) is 10.8. The van der Waals surface area contributed by atoms with E-state index >= 15 is 0 Å². The van der Waals surface area contributed by atoms with Crippen LogP contribution in [0.2, 0.25) is 0 Å². The van der Waals surface area contributed by atoms with E-state index in [1.54, 1.807) is 23.1 Å². The molecule has 1 fully saturated rings. The molecule has 0 aromatic heterocycles. The van der Waals surface area contributed by atoms with Gasteiger partial charge in [-0.15, -0.1) is 0 Å². The summed E-state index contributed by atoms with van der Waals surface area (Å²) >= 11 is 0. The Morgan fingerprint density at radius 2 is 1.84 bits per heavy atom. The summed E-state index contributed by atoms with van der Waals surface area (Å²) in [6.45, 7) is 5.26. The first-order valence-corrected chi connectivity index (χ1v) is 13.8. The van der Waals surface area contributed by atoms with Crippen LogP contribution in [0.15, 0.2) is 73.3 Å². The molecular formula is C29H30FNO5S. The van der Waals surface area contributed by atoms with E-state index in [0.717, 1.165) is 23.8 Å². The molecule has 1 aliphatic rings. The normalized spacial score (nSPS) is 16.7. The first-order valence-electron chi connectivity index (χ1n) is 12.0. The number of hydrogen-bond acceptors (Lipinski definition) is 5. The fourth-order valence-electron chi connectivity index (χ4n) is 4.54. The van der Waals surface area contributed by atoms with Crippen LogP contribution in [0.4, 0.5) is 10.1 Å². The molecule has 3 aromatic carbocycles. The predicted molar refractivity (Wildman–Crippen MR) is 143 cm³/mol. The summed E-state index contributed by atoms with van der Waals surface area (Å²) in [5.41, 5.74) is 4.19. The van der Waals surface area contributed by atoms with E-state index < -0.39 is 15.9 Å². The minimum atomic E-state index is -3.58. The Morgan fingerprint density at radius 1 is 1.08 bits per heavy atom. The van der Waals surface area contributed by atoms with Crippen LogP contribution in [0, 0.1) is 5.82 Å². The van der Waals surface area contributed by atoms with Gasteiger partial charge in [0.15, 0.2) is 0 Å². The second kappa shape index (κ2) is 11.3. The van der Waals surface area contributed by atoms with Gasteiger partial charge < -0.3 is 9.64 Å². The third kappa shape index (κ3) is 6.84. The van der Waals surface area contributed by atoms with Gasteiger partial charge >= 0.3 is 0 Å². The third-order valence-corrected chi connectivity index (χ3v) is 6.96. The molecule has 6 nitrogen and oxygen atoms in total. The van der Waals surface area contributed by atoms with E-state index in [1.807, 2.05) is 30.3 Å². The SMILES string of the molecule is C=Cc1ccc(OCCOS(C)(=O)=O)c(CN(C(C)=O)c2cc(F)ccc2C2CC2c2ccccc2)c1. The van der Waals surface area contributed by atoms with Crippen molar-refractivity contribution in [3.8, 4) is 5.75 Å². The summed E-state index contributed by atoms with van der Waals surface area (Å²) < 4.78 is 47.5. The molecule has 2 unspecified atom stereocenters. The van der Waals surface area contributed by atoms with Gasteiger partial charge in [0.05, 0.1) is 18.5 Å². The Hall–Kier alpha value is -3.49. The molecular weight excluding hydrogens is 493 g/mol. The summed E-state index contributed by atoms with van der Waals surface area (Å²) in [5.74, 6) is 0.316. The smallest absolute Gasteiger partial charge is 0.264 e. The van der Waals surface area contributed by atoms with Crippen LogP contribution in [0.1, 0.15) is 47.4 Å². The maximum atomic E-state index is 14.5. The van der Waals surface area contributed by atoms with Crippen molar-refractivity contribution < 1.29 is 26.5 Å². The lowest BCUT2D eigenvalue weighted by atomic mass is 10.0. The Balaban J connectivity index is 1.62. The number of carbonyl (C=O) groups is 1. The number of nitrogens with zero attached hydrogens (tertiary/aromatic N) is 1. The number of halogens is 1. The molecule has 1 saturated carbocycles. The molecule has 194 valence electrons. The van der Waals surface area contributed by atoms with Crippen molar-refractivity contribution in [2.45, 2.75) is 31.7 Å². The molecule has 0 N–H and O–H groups in total. The zero-order valence-electron chi connectivity index (χ0n) is 20.9. The van der Waals surface area contributed by atoms with E-state index in [2.05, 4.69) is 18.7 Å². The van der Waals surface area contributed by atoms with Crippen LogP contribution in [-0.2, 0) is 25.6 Å². The molecule has 37 heavy (non-hydrogen) atoms. The fourth-order valence-corrected chi connectivity index (χ4v) is 4.91. The van der Waals surface area contributed by atoms with Gasteiger partial charge in [0.25, 0.3) is 10.1 Å². The predicted octanol–water partition coefficient (Wildman–Crippen LogP) is 5.65. The van der Waals surface area contributed by atoms with Crippen molar-refractivity contribution in [3.05, 3.63) is 101 Å². The molecule has 2 atom stereocenters. The first kappa shape index (κ1) is 26.6. The monoisotopic (exact) mass is 523 g/mol. The zero-order valence-corrected chi connectivity index (χ0v) is 21.7. The van der Waals surface area contributed by atoms with Crippen LogP contribution in [0.3, 0.4) is 0 Å². The zero-order chi connectivity index (χ0) is 26.6. The number of rotatable bonds is 11. The maximum Gasteiger partial charge on any atom is 0.264 e. The highest BCUT2D eigenvalue weighted by Gasteiger charge is 2.41. The van der Waals surface area contributed by atoms with Crippen LogP contribution in [0.5, 0.6) is 5.75 Å². The van der Waals surface area contributed by atoms with E-state index in [0.29, 0.717) is 22.9 Å². The highest BCUT2D eigenvalue weighted by atomic mass is 32.2. The first-order chi connectivity index (χ1) is 17.7. The van der Waals surface area contributed by atoms with Crippen molar-refractivity contribution in [1.29, 1.82) is 0 Å². The number of amides is 1. The topological polar surface area (TPSA) is 72.9 Å². The number of benzene rings is 3. The summed E-state index contributed by atoms with van der Waals surface area (Å²) in [6, 6.07) is 20.2. The lowest BCUT2D eigenvalue weighted by Crippen LogP contribution is -2.29. The minimum Gasteiger partial charge on any atom is -0.491 e. The largest absolute Gasteiger partial charge is 0.491 e. The van der Waals surface area contributed by atoms with Crippen LogP contribution < -0.4 is 9.64 Å². The van der Waals surface area contributed by atoms with Gasteiger partial charge in [0.2, 0.25) is 5.91 Å². The summed E-state index contributed by atoms with van der Waals surface area (Å²) in [6.07, 6.45) is 3.58. The molecule has 0 bridgehead atoms. The Morgan fingerprint density at radius 3 is 2.51 bits per heavy atom. The van der Waals surface area contributed by atoms with E-state index in [1.165, 1.54) is 24.6 Å². The maximum absolute atomic E-state index is 14.5. The number of carbonyl (C=O) groups excluding carboxylic acids is 1. The van der Waals surface area contributed by atoms with Crippen LogP contribution in [-0.4, -0.2) is 33.8 Å². The highest BCUT2D eigenvalue weighted by Crippen LogP contribution is 2.56. The van der Waals surface area contributed by atoms with E-state index in [4.69, 9.17) is 8.92 Å². The minimum absolute atomic E-state index is 0.000375. The average molecular weight is 524 g/mol. The molecule has 0 heterocycles. The number of ether oxygens (including phenoxy) is 1. The highest BCUT2D eigenvalue weighted by molar-refractivity contribution is 7.85. The molecule has 8 heteroatoms. The van der Waals surface area contributed by atoms with E-state index in [9.17, 15) is 17.6 Å². The Kier molecular flexibility index (Phi) is 8.10. The summed E-state index contributed by atoms with van der Waals surface area (Å²) in [7, 11) is -3.58. The Labute approximate surface area is 217 Å². The second-order valence-electron chi connectivity index (χ2n) is 9.11. The quantitative estimate of drug-likeness (QED) is 0.240. The lowest BCUT2D eigenvalue weighted by molar-refractivity contribution is -0.116. The summed E-state index contributed by atoms with van der Waals surface area (Å²) in [4.78, 5) is 14.5. The van der Waals surface area contributed by atoms with Gasteiger partial charge in [0, 0.05) is 12.5 Å². The molecule has 0 radical (unpaired) electrons. The average Bonchev–Trinajstić information content (AvgIpc) is 3.66. The molecule has 0 aliphatic heterocycles. The van der Waals surface area contributed by atoms with E-state index in [-0.39, 0.29) is 31.6 Å². The summed E-state index contributed by atoms with van der Waals surface area (Å²) in [5, 5.41) is 0. The van der Waals surface area contributed by atoms with Gasteiger partial charge in [-0.3, -0.25) is 8.98 Å². The molecule has 1 amide bonds.